The van der Waals surface area contributed by atoms with Gasteiger partial charge in [0.1, 0.15) is 22.9 Å². The number of nitrogens with one attached hydrogen (secondary N) is 1. The molecule has 1 aliphatic heterocycles. The van der Waals surface area contributed by atoms with Gasteiger partial charge in [-0.3, -0.25) is 14.6 Å². The number of para-hydroxylation sites is 1. The van der Waals surface area contributed by atoms with Crippen LogP contribution >= 0.6 is 0 Å². The first-order chi connectivity index (χ1) is 20.8. The summed E-state index contributed by atoms with van der Waals surface area (Å²) < 4.78 is 18.5. The Kier molecular flexibility index (Phi) is 7.63. The van der Waals surface area contributed by atoms with E-state index >= 15 is 0 Å². The van der Waals surface area contributed by atoms with E-state index in [2.05, 4.69) is 15.0 Å². The monoisotopic (exact) mass is 578 g/mol. The molecule has 0 bridgehead atoms. The van der Waals surface area contributed by atoms with Gasteiger partial charge in [-0.2, -0.15) is 0 Å². The number of hydrogen-bond acceptors (Lipinski definition) is 6. The van der Waals surface area contributed by atoms with Crippen molar-refractivity contribution in [3.05, 3.63) is 102 Å². The number of benzene rings is 3. The first-order valence-electron chi connectivity index (χ1n) is 14.2. The van der Waals surface area contributed by atoms with Gasteiger partial charge in [-0.1, -0.05) is 48.5 Å². The highest BCUT2D eigenvalue weighted by atomic mass is 19.1. The van der Waals surface area contributed by atoms with Crippen LogP contribution in [0.5, 0.6) is 5.75 Å². The molecule has 3 heterocycles. The molecule has 0 radical (unpaired) electrons. The number of pyridine rings is 1. The van der Waals surface area contributed by atoms with Crippen molar-refractivity contribution in [1.82, 2.24) is 19.9 Å². The van der Waals surface area contributed by atoms with E-state index in [1.807, 2.05) is 48.5 Å². The maximum absolute atomic E-state index is 13.4. The van der Waals surface area contributed by atoms with Gasteiger partial charge in [-0.15, -0.1) is 0 Å². The number of rotatable bonds is 7. The van der Waals surface area contributed by atoms with Crippen LogP contribution in [0.2, 0.25) is 0 Å². The van der Waals surface area contributed by atoms with Crippen LogP contribution in [0, 0.1) is 11.2 Å². The molecule has 0 aliphatic carbocycles. The number of H-pyrrole nitrogens is 1. The fourth-order valence-corrected chi connectivity index (χ4v) is 5.89. The number of methoxy groups -OCH3 is 1. The minimum Gasteiger partial charge on any atom is -0.507 e. The van der Waals surface area contributed by atoms with E-state index < -0.39 is 5.41 Å². The quantitative estimate of drug-likeness (QED) is 0.240. The number of piperidine rings is 1. The third-order valence-electron chi connectivity index (χ3n) is 8.34. The van der Waals surface area contributed by atoms with Gasteiger partial charge in [0.15, 0.2) is 0 Å². The first kappa shape index (κ1) is 28.1. The Hall–Kier alpha value is -5.05. The van der Waals surface area contributed by atoms with E-state index in [-0.39, 0.29) is 29.9 Å². The molecule has 43 heavy (non-hydrogen) atoms. The normalized spacial score (nSPS) is 14.5. The van der Waals surface area contributed by atoms with Crippen molar-refractivity contribution < 1.29 is 23.8 Å². The first-order valence-corrected chi connectivity index (χ1v) is 14.2. The minimum atomic E-state index is -0.749. The molecule has 8 nitrogen and oxygen atoms in total. The minimum absolute atomic E-state index is 0.0165. The van der Waals surface area contributed by atoms with Crippen LogP contribution in [0.3, 0.4) is 0 Å². The Bertz CT molecular complexity index is 1740. The van der Waals surface area contributed by atoms with Crippen molar-refractivity contribution in [3.8, 4) is 28.3 Å². The summed E-state index contributed by atoms with van der Waals surface area (Å²) in [4.78, 5) is 39.7. The van der Waals surface area contributed by atoms with Crippen LogP contribution in [0.25, 0.3) is 33.5 Å². The molecule has 2 aromatic heterocycles. The summed E-state index contributed by atoms with van der Waals surface area (Å²) in [6.07, 6.45) is 4.96. The number of aromatic amines is 1. The lowest BCUT2D eigenvalue weighted by atomic mass is 9.73. The van der Waals surface area contributed by atoms with Gasteiger partial charge in [0.05, 0.1) is 36.2 Å². The molecule has 1 aliphatic rings. The maximum atomic E-state index is 13.4. The van der Waals surface area contributed by atoms with E-state index in [0.717, 1.165) is 22.2 Å². The van der Waals surface area contributed by atoms with Crippen molar-refractivity contribution in [2.75, 3.05) is 20.2 Å². The standard InChI is InChI=1S/C34H31FN4O4/c1-43-33(42)34(20-23-7-11-25(35)12-8-23)14-17-39(18-15-34)30(40)19-22-5-9-24(10-6-22)26-3-2-4-27(31(26)41)32-37-28-13-16-36-21-29(28)38-32/h2-13,16,21,41H,14-15,17-20H2,1H3,(H,37,38). The van der Waals surface area contributed by atoms with E-state index in [9.17, 15) is 19.1 Å². The maximum Gasteiger partial charge on any atom is 0.312 e. The van der Waals surface area contributed by atoms with E-state index in [0.29, 0.717) is 54.8 Å². The number of aromatic nitrogens is 3. The molecule has 0 atom stereocenters. The third kappa shape index (κ3) is 5.70. The van der Waals surface area contributed by atoms with Gasteiger partial charge in [0.25, 0.3) is 0 Å². The molecular weight excluding hydrogens is 547 g/mol. The molecular formula is C34H31FN4O4. The van der Waals surface area contributed by atoms with Crippen LogP contribution in [-0.4, -0.2) is 57.0 Å². The summed E-state index contributed by atoms with van der Waals surface area (Å²) >= 11 is 0. The van der Waals surface area contributed by atoms with E-state index in [1.54, 1.807) is 29.4 Å². The molecule has 1 fully saturated rings. The lowest BCUT2D eigenvalue weighted by molar-refractivity contribution is -0.157. The molecule has 2 N–H and O–H groups in total. The van der Waals surface area contributed by atoms with Crippen LogP contribution in [-0.2, 0) is 27.2 Å². The predicted octanol–water partition coefficient (Wildman–Crippen LogP) is 5.70. The Balaban J connectivity index is 1.12. The highest BCUT2D eigenvalue weighted by Crippen LogP contribution is 2.38. The Morgan fingerprint density at radius 2 is 1.67 bits per heavy atom. The van der Waals surface area contributed by atoms with Crippen molar-refractivity contribution in [3.63, 3.8) is 0 Å². The number of hydrogen-bond donors (Lipinski definition) is 2. The molecule has 0 spiro atoms. The molecule has 5 aromatic rings. The summed E-state index contributed by atoms with van der Waals surface area (Å²) in [6, 6.07) is 21.1. The number of amides is 1. The number of halogens is 1. The van der Waals surface area contributed by atoms with Gasteiger partial charge in [0.2, 0.25) is 5.91 Å². The molecule has 218 valence electrons. The van der Waals surface area contributed by atoms with Crippen molar-refractivity contribution in [1.29, 1.82) is 0 Å². The fourth-order valence-electron chi connectivity index (χ4n) is 5.89. The summed E-state index contributed by atoms with van der Waals surface area (Å²) in [5, 5.41) is 11.1. The van der Waals surface area contributed by atoms with Crippen LogP contribution < -0.4 is 0 Å². The predicted molar refractivity (Wildman–Crippen MR) is 160 cm³/mol. The number of phenols is 1. The number of carbonyl (C=O) groups is 2. The molecule has 3 aromatic carbocycles. The zero-order chi connectivity index (χ0) is 30.0. The van der Waals surface area contributed by atoms with Crippen LogP contribution in [0.15, 0.2) is 85.2 Å². The topological polar surface area (TPSA) is 108 Å². The Morgan fingerprint density at radius 1 is 0.977 bits per heavy atom. The second-order valence-corrected chi connectivity index (χ2v) is 11.0. The van der Waals surface area contributed by atoms with Gasteiger partial charge < -0.3 is 19.7 Å². The van der Waals surface area contributed by atoms with E-state index in [4.69, 9.17) is 4.74 Å². The molecule has 6 rings (SSSR count). The third-order valence-corrected chi connectivity index (χ3v) is 8.34. The Morgan fingerprint density at radius 3 is 2.37 bits per heavy atom. The van der Waals surface area contributed by atoms with Gasteiger partial charge in [0, 0.05) is 24.8 Å². The smallest absolute Gasteiger partial charge is 0.312 e. The lowest BCUT2D eigenvalue weighted by Gasteiger charge is -2.40. The zero-order valence-corrected chi connectivity index (χ0v) is 23.7. The average molecular weight is 579 g/mol. The Labute approximate surface area is 248 Å². The van der Waals surface area contributed by atoms with E-state index in [1.165, 1.54) is 19.2 Å². The number of ether oxygens (including phenoxy) is 1. The number of fused-ring (bicyclic) bond motifs is 1. The van der Waals surface area contributed by atoms with Crippen molar-refractivity contribution in [2.24, 2.45) is 5.41 Å². The molecule has 1 saturated heterocycles. The highest BCUT2D eigenvalue weighted by Gasteiger charge is 2.43. The zero-order valence-electron chi connectivity index (χ0n) is 23.7. The number of aromatic hydroxyl groups is 1. The molecule has 9 heteroatoms. The van der Waals surface area contributed by atoms with Gasteiger partial charge in [-0.05, 0) is 60.2 Å². The van der Waals surface area contributed by atoms with Crippen LogP contribution in [0.1, 0.15) is 24.0 Å². The highest BCUT2D eigenvalue weighted by molar-refractivity contribution is 5.85. The average Bonchev–Trinajstić information content (AvgIpc) is 3.47. The number of imidazole rings is 1. The number of likely N-dealkylation sites (tertiary alicyclic amines) is 1. The summed E-state index contributed by atoms with van der Waals surface area (Å²) in [5.74, 6) is 0.0259. The summed E-state index contributed by atoms with van der Waals surface area (Å²) in [6.45, 7) is 0.872. The van der Waals surface area contributed by atoms with Crippen LogP contribution in [0.4, 0.5) is 4.39 Å². The fraction of sp³-hybridized carbons (Fsp3) is 0.235. The number of carbonyl (C=O) groups excluding carboxylic acids is 2. The molecule has 0 saturated carbocycles. The molecule has 0 unspecified atom stereocenters. The van der Waals surface area contributed by atoms with Crippen molar-refractivity contribution in [2.45, 2.75) is 25.7 Å². The number of phenolic OH excluding ortho intramolecular Hbond substituents is 1. The van der Waals surface area contributed by atoms with Gasteiger partial charge in [-0.25, -0.2) is 9.37 Å². The summed E-state index contributed by atoms with van der Waals surface area (Å²) in [7, 11) is 1.38. The second-order valence-electron chi connectivity index (χ2n) is 11.0. The SMILES string of the molecule is COC(=O)C1(Cc2ccc(F)cc2)CCN(C(=O)Cc2ccc(-c3cccc(-c4nc5cnccc5[nH]4)c3O)cc2)CC1. The number of esters is 1. The second kappa shape index (κ2) is 11.7. The van der Waals surface area contributed by atoms with Gasteiger partial charge >= 0.3 is 5.97 Å². The number of nitrogens with zero attached hydrogens (tertiary/aromatic N) is 3. The lowest BCUT2D eigenvalue weighted by Crippen LogP contribution is -2.48. The van der Waals surface area contributed by atoms with Crippen molar-refractivity contribution >= 4 is 22.9 Å². The summed E-state index contributed by atoms with van der Waals surface area (Å²) in [5.41, 5.74) is 4.57. The largest absolute Gasteiger partial charge is 0.507 e. The molecule has 1 amide bonds.